The summed E-state index contributed by atoms with van der Waals surface area (Å²) in [5.41, 5.74) is 3.29. The highest BCUT2D eigenvalue weighted by Crippen LogP contribution is 2.22. The molecule has 0 atom stereocenters. The molecule has 176 valence electrons. The molecule has 2 aromatic rings. The molecule has 0 aliphatic heterocycles. The summed E-state index contributed by atoms with van der Waals surface area (Å²) in [7, 11) is 0. The van der Waals surface area contributed by atoms with E-state index >= 15 is 0 Å². The van der Waals surface area contributed by atoms with Crippen LogP contribution in [0.25, 0.3) is 0 Å². The van der Waals surface area contributed by atoms with Crippen LogP contribution in [0.4, 0.5) is 11.4 Å². The highest BCUT2D eigenvalue weighted by atomic mass is 16.5. The molecule has 0 aliphatic rings. The van der Waals surface area contributed by atoms with Gasteiger partial charge in [-0.25, -0.2) is 0 Å². The SMILES string of the molecule is CCCCCCCCc1ccc(N=Nc2ccc(OCCCCNC(C)(C)C)cc2)cc1. The van der Waals surface area contributed by atoms with Gasteiger partial charge < -0.3 is 10.1 Å². The molecule has 32 heavy (non-hydrogen) atoms. The lowest BCUT2D eigenvalue weighted by atomic mass is 10.0. The summed E-state index contributed by atoms with van der Waals surface area (Å²) in [5, 5.41) is 12.2. The summed E-state index contributed by atoms with van der Waals surface area (Å²) >= 11 is 0. The van der Waals surface area contributed by atoms with Gasteiger partial charge in [-0.2, -0.15) is 10.2 Å². The number of azo groups is 1. The van der Waals surface area contributed by atoms with Crippen molar-refractivity contribution in [1.82, 2.24) is 5.32 Å². The lowest BCUT2D eigenvalue weighted by molar-refractivity contribution is 0.301. The number of hydrogen-bond acceptors (Lipinski definition) is 4. The van der Waals surface area contributed by atoms with Crippen LogP contribution in [0.1, 0.15) is 84.6 Å². The van der Waals surface area contributed by atoms with Gasteiger partial charge in [0.2, 0.25) is 0 Å². The summed E-state index contributed by atoms with van der Waals surface area (Å²) in [6.07, 6.45) is 11.3. The monoisotopic (exact) mass is 437 g/mol. The summed E-state index contributed by atoms with van der Waals surface area (Å²) in [6.45, 7) is 10.6. The van der Waals surface area contributed by atoms with Crippen molar-refractivity contribution in [2.45, 2.75) is 91.0 Å². The molecule has 0 unspecified atom stereocenters. The van der Waals surface area contributed by atoms with Crippen LogP contribution in [0, 0.1) is 0 Å². The van der Waals surface area contributed by atoms with E-state index in [1.807, 2.05) is 24.3 Å². The second kappa shape index (κ2) is 14.8. The predicted octanol–water partition coefficient (Wildman–Crippen LogP) is 8.55. The summed E-state index contributed by atoms with van der Waals surface area (Å²) in [5.74, 6) is 0.881. The average molecular weight is 438 g/mol. The first-order chi connectivity index (χ1) is 15.5. The van der Waals surface area contributed by atoms with Crippen molar-refractivity contribution in [2.24, 2.45) is 10.2 Å². The van der Waals surface area contributed by atoms with E-state index in [9.17, 15) is 0 Å². The summed E-state index contributed by atoms with van der Waals surface area (Å²) < 4.78 is 5.83. The molecule has 2 aromatic carbocycles. The second-order valence-electron chi connectivity index (χ2n) is 9.61. The molecule has 0 saturated carbocycles. The molecule has 2 rings (SSSR count). The maximum Gasteiger partial charge on any atom is 0.119 e. The highest BCUT2D eigenvalue weighted by Gasteiger charge is 2.07. The zero-order valence-electron chi connectivity index (χ0n) is 20.7. The van der Waals surface area contributed by atoms with Gasteiger partial charge in [-0.05, 0) is 95.0 Å². The van der Waals surface area contributed by atoms with E-state index in [0.29, 0.717) is 0 Å². The molecule has 0 amide bonds. The molecule has 0 heterocycles. The Bertz CT molecular complexity index is 761. The van der Waals surface area contributed by atoms with E-state index in [2.05, 4.69) is 67.5 Å². The van der Waals surface area contributed by atoms with Gasteiger partial charge in [0.1, 0.15) is 5.75 Å². The number of benzene rings is 2. The van der Waals surface area contributed by atoms with Crippen molar-refractivity contribution in [3.8, 4) is 5.75 Å². The third-order valence-electron chi connectivity index (χ3n) is 5.37. The molecule has 0 saturated heterocycles. The Hall–Kier alpha value is -2.20. The Morgan fingerprint density at radius 2 is 1.31 bits per heavy atom. The van der Waals surface area contributed by atoms with E-state index in [-0.39, 0.29) is 5.54 Å². The smallest absolute Gasteiger partial charge is 0.119 e. The predicted molar refractivity (Wildman–Crippen MR) is 137 cm³/mol. The van der Waals surface area contributed by atoms with Crippen LogP contribution in [0.2, 0.25) is 0 Å². The van der Waals surface area contributed by atoms with Gasteiger partial charge in [0.25, 0.3) is 0 Å². The van der Waals surface area contributed by atoms with E-state index in [1.54, 1.807) is 0 Å². The molecule has 0 fully saturated rings. The molecule has 0 aromatic heterocycles. The van der Waals surface area contributed by atoms with Gasteiger partial charge in [0.05, 0.1) is 18.0 Å². The summed E-state index contributed by atoms with van der Waals surface area (Å²) in [4.78, 5) is 0. The molecule has 1 N–H and O–H groups in total. The Balaban J connectivity index is 1.66. The Labute approximate surface area is 195 Å². The van der Waals surface area contributed by atoms with Gasteiger partial charge in [0.15, 0.2) is 0 Å². The number of rotatable bonds is 15. The Morgan fingerprint density at radius 3 is 1.94 bits per heavy atom. The number of nitrogens with zero attached hydrogens (tertiary/aromatic N) is 2. The molecular formula is C28H43N3O. The average Bonchev–Trinajstić information content (AvgIpc) is 2.78. The largest absolute Gasteiger partial charge is 0.494 e. The second-order valence-corrected chi connectivity index (χ2v) is 9.61. The minimum absolute atomic E-state index is 0.181. The fourth-order valence-electron chi connectivity index (χ4n) is 3.44. The number of ether oxygens (including phenoxy) is 1. The van der Waals surface area contributed by atoms with E-state index in [0.717, 1.165) is 49.5 Å². The van der Waals surface area contributed by atoms with Gasteiger partial charge in [-0.1, -0.05) is 51.2 Å². The van der Waals surface area contributed by atoms with Crippen molar-refractivity contribution in [1.29, 1.82) is 0 Å². The van der Waals surface area contributed by atoms with Crippen LogP contribution in [-0.2, 0) is 6.42 Å². The number of aryl methyl sites for hydroxylation is 1. The first kappa shape index (κ1) is 26.1. The zero-order chi connectivity index (χ0) is 23.1. The molecule has 0 bridgehead atoms. The molecule has 4 heteroatoms. The van der Waals surface area contributed by atoms with Crippen LogP contribution in [0.5, 0.6) is 5.75 Å². The van der Waals surface area contributed by atoms with Gasteiger partial charge in [-0.3, -0.25) is 0 Å². The van der Waals surface area contributed by atoms with Crippen molar-refractivity contribution in [3.05, 3.63) is 54.1 Å². The summed E-state index contributed by atoms with van der Waals surface area (Å²) in [6, 6.07) is 16.3. The van der Waals surface area contributed by atoms with Crippen molar-refractivity contribution < 1.29 is 4.74 Å². The van der Waals surface area contributed by atoms with Crippen LogP contribution in [-0.4, -0.2) is 18.7 Å². The third-order valence-corrected chi connectivity index (χ3v) is 5.37. The molecule has 4 nitrogen and oxygen atoms in total. The van der Waals surface area contributed by atoms with Gasteiger partial charge in [0, 0.05) is 5.54 Å². The fourth-order valence-corrected chi connectivity index (χ4v) is 3.44. The first-order valence-corrected chi connectivity index (χ1v) is 12.4. The lowest BCUT2D eigenvalue weighted by Gasteiger charge is -2.20. The maximum atomic E-state index is 5.83. The minimum Gasteiger partial charge on any atom is -0.494 e. The van der Waals surface area contributed by atoms with Crippen LogP contribution < -0.4 is 10.1 Å². The van der Waals surface area contributed by atoms with Crippen molar-refractivity contribution in [3.63, 3.8) is 0 Å². The van der Waals surface area contributed by atoms with Gasteiger partial charge in [-0.15, -0.1) is 0 Å². The van der Waals surface area contributed by atoms with Crippen molar-refractivity contribution >= 4 is 11.4 Å². The Kier molecular flexibility index (Phi) is 12.0. The topological polar surface area (TPSA) is 46.0 Å². The van der Waals surface area contributed by atoms with E-state index in [1.165, 1.54) is 44.1 Å². The van der Waals surface area contributed by atoms with E-state index < -0.39 is 0 Å². The number of hydrogen-bond donors (Lipinski definition) is 1. The number of unbranched alkanes of at least 4 members (excludes halogenated alkanes) is 6. The maximum absolute atomic E-state index is 5.83. The van der Waals surface area contributed by atoms with Crippen LogP contribution in [0.3, 0.4) is 0 Å². The first-order valence-electron chi connectivity index (χ1n) is 12.4. The highest BCUT2D eigenvalue weighted by molar-refractivity contribution is 5.43. The van der Waals surface area contributed by atoms with Crippen molar-refractivity contribution in [2.75, 3.05) is 13.2 Å². The molecule has 0 spiro atoms. The molecule has 0 aliphatic carbocycles. The standard InChI is InChI=1S/C28H43N3O/c1-5-6-7-8-9-10-13-24-14-16-25(17-15-24)30-31-26-18-20-27(21-19-26)32-23-12-11-22-29-28(2,3)4/h14-21,29H,5-13,22-23H2,1-4H3. The van der Waals surface area contributed by atoms with Crippen LogP contribution >= 0.6 is 0 Å². The lowest BCUT2D eigenvalue weighted by Crippen LogP contribution is -2.36. The van der Waals surface area contributed by atoms with Crippen LogP contribution in [0.15, 0.2) is 58.8 Å². The zero-order valence-corrected chi connectivity index (χ0v) is 20.7. The number of nitrogens with one attached hydrogen (secondary N) is 1. The molecular weight excluding hydrogens is 394 g/mol. The minimum atomic E-state index is 0.181. The normalized spacial score (nSPS) is 11.9. The Morgan fingerprint density at radius 1 is 0.719 bits per heavy atom. The van der Waals surface area contributed by atoms with Gasteiger partial charge >= 0.3 is 0 Å². The quantitative estimate of drug-likeness (QED) is 0.224. The molecule has 0 radical (unpaired) electrons. The fraction of sp³-hybridized carbons (Fsp3) is 0.571. The van der Waals surface area contributed by atoms with E-state index in [4.69, 9.17) is 4.74 Å². The third kappa shape index (κ3) is 12.0.